The predicted octanol–water partition coefficient (Wildman–Crippen LogP) is 3.96. The second-order valence-corrected chi connectivity index (χ2v) is 4.33. The molecular weight excluding hydrogens is 222 g/mol. The van der Waals surface area contributed by atoms with E-state index in [4.69, 9.17) is 0 Å². The van der Waals surface area contributed by atoms with Crippen molar-refractivity contribution >= 4 is 17.3 Å². The summed E-state index contributed by atoms with van der Waals surface area (Å²) < 4.78 is 0. The molecule has 0 amide bonds. The normalized spacial score (nSPS) is 10.1. The molecule has 2 rings (SSSR count). The monoisotopic (exact) mass is 241 g/mol. The van der Waals surface area contributed by atoms with Gasteiger partial charge in [-0.3, -0.25) is 0 Å². The van der Waals surface area contributed by atoms with Crippen molar-refractivity contribution in [2.75, 3.05) is 17.2 Å². The molecule has 0 aliphatic rings. The number of hydrogen-bond donors (Lipinski definition) is 2. The molecule has 1 heterocycles. The van der Waals surface area contributed by atoms with Gasteiger partial charge in [0.2, 0.25) is 0 Å². The maximum Gasteiger partial charge on any atom is 0.132 e. The van der Waals surface area contributed by atoms with Crippen molar-refractivity contribution in [2.45, 2.75) is 20.3 Å². The molecule has 0 aliphatic carbocycles. The second-order valence-electron chi connectivity index (χ2n) is 4.33. The Labute approximate surface area is 108 Å². The van der Waals surface area contributed by atoms with Crippen LogP contribution in [0.1, 0.15) is 18.9 Å². The molecule has 0 spiro atoms. The van der Waals surface area contributed by atoms with Crippen LogP contribution in [0.5, 0.6) is 0 Å². The fourth-order valence-corrected chi connectivity index (χ4v) is 1.73. The molecule has 18 heavy (non-hydrogen) atoms. The van der Waals surface area contributed by atoms with Gasteiger partial charge in [-0.2, -0.15) is 0 Å². The standard InChI is InChI=1S/C15H19N3/c1-3-10-16-14-8-5-9-15(18-14)17-13-7-4-6-12(2)11-13/h4-9,11H,3,10H2,1-2H3,(H2,16,17,18). The number of aryl methyl sites for hydroxylation is 1. The van der Waals surface area contributed by atoms with E-state index in [-0.39, 0.29) is 0 Å². The SMILES string of the molecule is CCCNc1cccc(Nc2cccc(C)c2)n1. The van der Waals surface area contributed by atoms with Crippen molar-refractivity contribution in [3.63, 3.8) is 0 Å². The molecule has 3 nitrogen and oxygen atoms in total. The molecule has 1 aromatic heterocycles. The molecule has 94 valence electrons. The molecule has 2 N–H and O–H groups in total. The number of aromatic nitrogens is 1. The van der Waals surface area contributed by atoms with Gasteiger partial charge < -0.3 is 10.6 Å². The third kappa shape index (κ3) is 3.48. The van der Waals surface area contributed by atoms with Crippen molar-refractivity contribution in [1.82, 2.24) is 4.98 Å². The van der Waals surface area contributed by atoms with Crippen LogP contribution in [0, 0.1) is 6.92 Å². The van der Waals surface area contributed by atoms with Crippen LogP contribution in [0.2, 0.25) is 0 Å². The lowest BCUT2D eigenvalue weighted by molar-refractivity contribution is 0.970. The van der Waals surface area contributed by atoms with E-state index in [1.807, 2.05) is 30.3 Å². The van der Waals surface area contributed by atoms with E-state index in [1.165, 1.54) is 5.56 Å². The number of hydrogen-bond acceptors (Lipinski definition) is 3. The number of pyridine rings is 1. The summed E-state index contributed by atoms with van der Waals surface area (Å²) in [4.78, 5) is 4.51. The summed E-state index contributed by atoms with van der Waals surface area (Å²) in [6, 6.07) is 14.2. The van der Waals surface area contributed by atoms with Gasteiger partial charge in [0.25, 0.3) is 0 Å². The smallest absolute Gasteiger partial charge is 0.132 e. The fraction of sp³-hybridized carbons (Fsp3) is 0.267. The minimum absolute atomic E-state index is 0.863. The molecule has 0 aliphatic heterocycles. The van der Waals surface area contributed by atoms with Gasteiger partial charge in [-0.05, 0) is 43.2 Å². The predicted molar refractivity (Wildman–Crippen MR) is 77.5 cm³/mol. The van der Waals surface area contributed by atoms with Gasteiger partial charge in [0.1, 0.15) is 11.6 Å². The Morgan fingerprint density at radius 1 is 1.06 bits per heavy atom. The average molecular weight is 241 g/mol. The first-order chi connectivity index (χ1) is 8.78. The lowest BCUT2D eigenvalue weighted by atomic mass is 10.2. The first-order valence-electron chi connectivity index (χ1n) is 6.32. The minimum atomic E-state index is 0.863. The first kappa shape index (κ1) is 12.4. The number of benzene rings is 1. The van der Waals surface area contributed by atoms with E-state index in [0.29, 0.717) is 0 Å². The summed E-state index contributed by atoms with van der Waals surface area (Å²) in [6.07, 6.45) is 1.09. The van der Waals surface area contributed by atoms with E-state index in [0.717, 1.165) is 30.3 Å². The lowest BCUT2D eigenvalue weighted by Crippen LogP contribution is -2.03. The molecule has 0 saturated heterocycles. The zero-order valence-corrected chi connectivity index (χ0v) is 10.9. The van der Waals surface area contributed by atoms with E-state index in [1.54, 1.807) is 0 Å². The molecule has 0 radical (unpaired) electrons. The summed E-state index contributed by atoms with van der Waals surface area (Å²) >= 11 is 0. The summed E-state index contributed by atoms with van der Waals surface area (Å²) in [6.45, 7) is 5.17. The Kier molecular flexibility index (Phi) is 4.18. The van der Waals surface area contributed by atoms with Crippen molar-refractivity contribution in [1.29, 1.82) is 0 Å². The summed E-state index contributed by atoms with van der Waals surface area (Å²) in [5.74, 6) is 1.77. The van der Waals surface area contributed by atoms with Gasteiger partial charge in [-0.25, -0.2) is 4.98 Å². The van der Waals surface area contributed by atoms with Crippen LogP contribution in [0.3, 0.4) is 0 Å². The molecule has 3 heteroatoms. The Morgan fingerprint density at radius 3 is 2.61 bits per heavy atom. The van der Waals surface area contributed by atoms with Crippen LogP contribution < -0.4 is 10.6 Å². The first-order valence-corrected chi connectivity index (χ1v) is 6.32. The number of anilines is 3. The van der Waals surface area contributed by atoms with Crippen LogP contribution >= 0.6 is 0 Å². The van der Waals surface area contributed by atoms with Crippen LogP contribution in [0.25, 0.3) is 0 Å². The quantitative estimate of drug-likeness (QED) is 0.832. The molecule has 0 bridgehead atoms. The highest BCUT2D eigenvalue weighted by molar-refractivity contribution is 5.58. The summed E-state index contributed by atoms with van der Waals surface area (Å²) in [5.41, 5.74) is 2.30. The van der Waals surface area contributed by atoms with Crippen LogP contribution in [0.4, 0.5) is 17.3 Å². The molecule has 2 aromatic rings. The third-order valence-corrected chi connectivity index (χ3v) is 2.60. The maximum absolute atomic E-state index is 4.51. The second kappa shape index (κ2) is 6.05. The molecule has 0 fully saturated rings. The van der Waals surface area contributed by atoms with Crippen molar-refractivity contribution in [3.05, 3.63) is 48.0 Å². The van der Waals surface area contributed by atoms with Gasteiger partial charge in [-0.15, -0.1) is 0 Å². The Bertz CT molecular complexity index is 509. The topological polar surface area (TPSA) is 37.0 Å². The minimum Gasteiger partial charge on any atom is -0.370 e. The van der Waals surface area contributed by atoms with E-state index < -0.39 is 0 Å². The van der Waals surface area contributed by atoms with Gasteiger partial charge in [0.15, 0.2) is 0 Å². The lowest BCUT2D eigenvalue weighted by Gasteiger charge is -2.09. The molecule has 0 atom stereocenters. The van der Waals surface area contributed by atoms with Crippen LogP contribution in [-0.2, 0) is 0 Å². The number of nitrogens with one attached hydrogen (secondary N) is 2. The fourth-order valence-electron chi connectivity index (χ4n) is 1.73. The molecule has 0 saturated carbocycles. The average Bonchev–Trinajstić information content (AvgIpc) is 2.37. The van der Waals surface area contributed by atoms with Crippen LogP contribution in [-0.4, -0.2) is 11.5 Å². The Balaban J connectivity index is 2.09. The maximum atomic E-state index is 4.51. The number of rotatable bonds is 5. The molecule has 0 unspecified atom stereocenters. The zero-order chi connectivity index (χ0) is 12.8. The summed E-state index contributed by atoms with van der Waals surface area (Å²) in [7, 11) is 0. The van der Waals surface area contributed by atoms with E-state index in [9.17, 15) is 0 Å². The van der Waals surface area contributed by atoms with Crippen molar-refractivity contribution < 1.29 is 0 Å². The van der Waals surface area contributed by atoms with Gasteiger partial charge in [-0.1, -0.05) is 25.1 Å². The van der Waals surface area contributed by atoms with Gasteiger partial charge in [0, 0.05) is 12.2 Å². The van der Waals surface area contributed by atoms with Crippen LogP contribution in [0.15, 0.2) is 42.5 Å². The third-order valence-electron chi connectivity index (χ3n) is 2.60. The van der Waals surface area contributed by atoms with Gasteiger partial charge in [0.05, 0.1) is 0 Å². The Morgan fingerprint density at radius 2 is 1.83 bits per heavy atom. The summed E-state index contributed by atoms with van der Waals surface area (Å²) in [5, 5.41) is 6.59. The Hall–Kier alpha value is -2.03. The number of nitrogens with zero attached hydrogens (tertiary/aromatic N) is 1. The highest BCUT2D eigenvalue weighted by Gasteiger charge is 1.98. The van der Waals surface area contributed by atoms with Crippen molar-refractivity contribution in [2.24, 2.45) is 0 Å². The molecule has 1 aromatic carbocycles. The molecular formula is C15H19N3. The highest BCUT2D eigenvalue weighted by atomic mass is 15.1. The zero-order valence-electron chi connectivity index (χ0n) is 10.9. The van der Waals surface area contributed by atoms with E-state index >= 15 is 0 Å². The largest absolute Gasteiger partial charge is 0.370 e. The van der Waals surface area contributed by atoms with E-state index in [2.05, 4.69) is 41.6 Å². The highest BCUT2D eigenvalue weighted by Crippen LogP contribution is 2.17. The van der Waals surface area contributed by atoms with Gasteiger partial charge >= 0.3 is 0 Å². The van der Waals surface area contributed by atoms with Crippen molar-refractivity contribution in [3.8, 4) is 0 Å².